The molecule has 9 heterocycles. The Kier molecular flexibility index (Phi) is 27.1. The molecule has 40 nitrogen and oxygen atoms in total. The third-order valence-corrected chi connectivity index (χ3v) is 21.5. The van der Waals surface area contributed by atoms with Gasteiger partial charge in [0, 0.05) is 75.6 Å². The number of carbonyl (C=O) groups is 10. The topological polar surface area (TPSA) is 549 Å². The zero-order valence-electron chi connectivity index (χ0n) is 64.2. The largest absolute Gasteiger partial charge is 0.393 e. The Morgan fingerprint density at radius 1 is 0.357 bits per heavy atom. The molecule has 10 amide bonds. The average Bonchev–Trinajstić information content (AvgIpc) is 1.65. The second-order valence-corrected chi connectivity index (χ2v) is 29.6. The second kappa shape index (κ2) is 36.6. The van der Waals surface area contributed by atoms with Crippen LogP contribution in [-0.2, 0) is 0 Å². The fraction of sp³-hybridized carbons (Fsp3) is 0.467. The molecule has 5 aromatic rings. The predicted octanol–water partition coefficient (Wildman–Crippen LogP) is 6.39. The molecule has 40 heteroatoms. The van der Waals surface area contributed by atoms with Crippen molar-refractivity contribution >= 4 is 116 Å². The highest BCUT2D eigenvalue weighted by Crippen LogP contribution is 2.38. The fourth-order valence-electron chi connectivity index (χ4n) is 15.6. The quantitative estimate of drug-likeness (QED) is 0.0139. The number of rotatable bonds is 25. The van der Waals surface area contributed by atoms with Crippen molar-refractivity contribution in [3.8, 4) is 0 Å². The van der Waals surface area contributed by atoms with Crippen molar-refractivity contribution in [1.29, 1.82) is 0 Å². The number of imide groups is 5. The molecule has 0 radical (unpaired) electrons. The number of likely N-dealkylation sites (N-methyl/N-ethyl adjacent to an activating group) is 1. The van der Waals surface area contributed by atoms with Crippen LogP contribution < -0.4 is 28.7 Å². The number of anilines is 5. The molecule has 10 N–H and O–H groups in total. The monoisotopic (exact) mass is 1590 g/mol. The first-order valence-corrected chi connectivity index (χ1v) is 37.9. The molecular formula is C75H92N20O20. The Hall–Kier alpha value is -12.4. The van der Waals surface area contributed by atoms with Gasteiger partial charge in [-0.1, -0.05) is 13.8 Å². The third kappa shape index (κ3) is 18.8. The van der Waals surface area contributed by atoms with E-state index in [1.807, 2.05) is 32.8 Å². The van der Waals surface area contributed by atoms with Gasteiger partial charge in [0.15, 0.2) is 0 Å². The van der Waals surface area contributed by atoms with Crippen molar-refractivity contribution in [2.75, 3.05) is 154 Å². The van der Waals surface area contributed by atoms with Crippen LogP contribution in [0.4, 0.5) is 56.9 Å². The van der Waals surface area contributed by atoms with Gasteiger partial charge in [-0.15, -0.1) is 0 Å². The van der Waals surface area contributed by atoms with E-state index in [4.69, 9.17) is 28.7 Å². The minimum Gasteiger partial charge on any atom is -0.393 e. The van der Waals surface area contributed by atoms with E-state index in [2.05, 4.69) is 19.6 Å². The number of nitro groups is 5. The van der Waals surface area contributed by atoms with E-state index >= 15 is 0 Å². The summed E-state index contributed by atoms with van der Waals surface area (Å²) in [4.78, 5) is 192. The van der Waals surface area contributed by atoms with Crippen molar-refractivity contribution < 1.29 is 72.6 Å². The Balaban J connectivity index is 0.000000152. The lowest BCUT2D eigenvalue weighted by atomic mass is 10.1. The number of hydrogen-bond donors (Lipinski definition) is 5. The normalized spacial score (nSPS) is 18.0. The lowest BCUT2D eigenvalue weighted by molar-refractivity contribution is -0.384. The van der Waals surface area contributed by atoms with Crippen LogP contribution in [0.2, 0.25) is 0 Å². The molecule has 0 aromatic heterocycles. The predicted molar refractivity (Wildman–Crippen MR) is 418 cm³/mol. The maximum absolute atomic E-state index is 12.5. The van der Waals surface area contributed by atoms with E-state index in [-0.39, 0.29) is 131 Å². The van der Waals surface area contributed by atoms with Crippen molar-refractivity contribution in [2.45, 2.75) is 96.9 Å². The van der Waals surface area contributed by atoms with Crippen LogP contribution in [0.5, 0.6) is 0 Å². The smallest absolute Gasteiger partial charge is 0.292 e. The van der Waals surface area contributed by atoms with Crippen LogP contribution in [0.1, 0.15) is 194 Å². The Bertz CT molecular complexity index is 4790. The molecule has 0 saturated carbocycles. The van der Waals surface area contributed by atoms with Crippen molar-refractivity contribution in [1.82, 2.24) is 49.0 Å². The van der Waals surface area contributed by atoms with E-state index in [0.29, 0.717) is 39.0 Å². The fourth-order valence-corrected chi connectivity index (χ4v) is 15.6. The van der Waals surface area contributed by atoms with E-state index in [0.717, 1.165) is 149 Å². The molecule has 5 aromatic carbocycles. The zero-order chi connectivity index (χ0) is 83.7. The van der Waals surface area contributed by atoms with Gasteiger partial charge in [-0.05, 0) is 199 Å². The highest BCUT2D eigenvalue weighted by molar-refractivity contribution is 6.25. The summed E-state index contributed by atoms with van der Waals surface area (Å²) in [5.41, 5.74) is 26.8. The number of benzene rings is 5. The molecule has 612 valence electrons. The minimum atomic E-state index is -0.665. The number of nitrogens with zero attached hydrogens (tertiary/aromatic N) is 15. The summed E-state index contributed by atoms with van der Waals surface area (Å²) >= 11 is 0. The van der Waals surface area contributed by atoms with Crippen molar-refractivity contribution in [2.24, 2.45) is 5.92 Å². The molecule has 115 heavy (non-hydrogen) atoms. The van der Waals surface area contributed by atoms with E-state index in [9.17, 15) is 98.5 Å². The van der Waals surface area contributed by atoms with Crippen LogP contribution in [0.15, 0.2) is 60.7 Å². The Morgan fingerprint density at radius 3 is 0.939 bits per heavy atom. The number of fused-ring (bicyclic) bond motifs is 5. The number of carbonyl (C=O) groups excluding carboxylic acids is 10. The first-order chi connectivity index (χ1) is 54.6. The molecule has 4 saturated heterocycles. The Labute approximate surface area is 658 Å². The number of hydrogen-bond acceptors (Lipinski definition) is 30. The third-order valence-electron chi connectivity index (χ3n) is 21.5. The van der Waals surface area contributed by atoms with Gasteiger partial charge in [-0.2, -0.15) is 0 Å². The highest BCUT2D eigenvalue weighted by Gasteiger charge is 2.44. The number of likely N-dealkylation sites (tertiary alicyclic amines) is 4. The zero-order valence-corrected chi connectivity index (χ0v) is 64.2. The molecule has 0 aliphatic carbocycles. The molecule has 9 aliphatic heterocycles. The average molecular weight is 1590 g/mol. The summed E-state index contributed by atoms with van der Waals surface area (Å²) in [5, 5.41) is 54.6. The first-order valence-electron chi connectivity index (χ1n) is 37.9. The lowest BCUT2D eigenvalue weighted by Crippen LogP contribution is -2.42. The summed E-state index contributed by atoms with van der Waals surface area (Å²) in [6.45, 7) is 17.3. The summed E-state index contributed by atoms with van der Waals surface area (Å²) in [6, 6.07) is 11.8. The maximum Gasteiger partial charge on any atom is 0.292 e. The Morgan fingerprint density at radius 2 is 0.626 bits per heavy atom. The minimum absolute atomic E-state index is 0.0470. The standard InChI is InChI=1S/2C16H20N4O4.2C15H18N4O4.C13H16N4O4/c1-10(8-18-4-2-3-5-18)9-19-15(21)11-6-13(17)14(20(23)24)7-12(11)16(19)22;17-13-9-11-12(10-14(13)20(23)24)16(22)19(15(11)21)8-4-3-7-18-5-1-2-6-18;1-2-17-5-3-4-9(17)8-18-14(20)10-6-12(16)13(19(22)23)7-11(10)15(18)21;16-12-8-10-11(9-13(12)19(22)23)15(21)18(14(10)20)7-3-6-17-4-1-2-5-17;1-15(2)4-3-5-16-12(18)8-6-10(14)11(17(20)21)7-9(8)13(16)19/h6-7,10H,2-5,8-9,17H2,1H3;9-10H,1-8,17H2;6-7,9H,2-5,8,16H2,1H3;8-9H,1-7,16H2;6-7H,3-5,14H2,1-2H3/t;;9-;;/m..0../s1. The van der Waals surface area contributed by atoms with Crippen LogP contribution in [-0.4, -0.2) is 264 Å². The van der Waals surface area contributed by atoms with Crippen LogP contribution in [0.3, 0.4) is 0 Å². The van der Waals surface area contributed by atoms with Gasteiger partial charge in [0.1, 0.15) is 28.4 Å². The molecular weight excluding hydrogens is 1500 g/mol. The molecule has 0 spiro atoms. The second-order valence-electron chi connectivity index (χ2n) is 29.6. The number of amides is 10. The van der Waals surface area contributed by atoms with Crippen LogP contribution >= 0.6 is 0 Å². The summed E-state index contributed by atoms with van der Waals surface area (Å²) < 4.78 is 0. The molecule has 0 bridgehead atoms. The number of nitrogen functional groups attached to an aromatic ring is 5. The highest BCUT2D eigenvalue weighted by atomic mass is 16.6. The summed E-state index contributed by atoms with van der Waals surface area (Å²) in [5.74, 6) is -4.41. The number of nitrogens with two attached hydrogens (primary N) is 5. The van der Waals surface area contributed by atoms with Crippen molar-refractivity contribution in [3.05, 3.63) is 167 Å². The summed E-state index contributed by atoms with van der Waals surface area (Å²) in [7, 11) is 3.79. The van der Waals surface area contributed by atoms with Gasteiger partial charge in [-0.3, -0.25) is 128 Å². The van der Waals surface area contributed by atoms with E-state index in [1.54, 1.807) is 0 Å². The van der Waals surface area contributed by atoms with Crippen molar-refractivity contribution in [3.63, 3.8) is 0 Å². The van der Waals surface area contributed by atoms with Crippen LogP contribution in [0.25, 0.3) is 0 Å². The van der Waals surface area contributed by atoms with E-state index in [1.165, 1.54) is 78.7 Å². The van der Waals surface area contributed by atoms with Gasteiger partial charge >= 0.3 is 0 Å². The van der Waals surface area contributed by atoms with Gasteiger partial charge in [0.05, 0.1) is 80.3 Å². The molecule has 9 aliphatic rings. The SMILES string of the molecule is CC(CN1CCCC1)CN1C(=O)c2cc(N)c([N+](=O)[O-])cc2C1=O.CCN1CCC[C@H]1CN1C(=O)c2cc(N)c([N+](=O)[O-])cc2C1=O.CN(C)CCCN1C(=O)c2cc(N)c([N+](=O)[O-])cc2C1=O.Nc1cc2c(cc1[N+](=O)[O-])C(=O)N(CCCCN1CCCC1)C2=O.Nc1cc2c(cc1[N+](=O)[O-])C(=O)N(CCCN1CCCC1)C2=O. The molecule has 14 rings (SSSR count). The first kappa shape index (κ1) is 85.0. The maximum atomic E-state index is 12.5. The molecule has 2 atom stereocenters. The number of nitro benzene ring substituents is 5. The van der Waals surface area contributed by atoms with Gasteiger partial charge in [0.25, 0.3) is 87.5 Å². The van der Waals surface area contributed by atoms with Gasteiger partial charge in [-0.25, -0.2) is 0 Å². The number of unbranched alkanes of at least 4 members (excludes halogenated alkanes) is 1. The molecule has 4 fully saturated rings. The summed E-state index contributed by atoms with van der Waals surface area (Å²) in [6.07, 6.45) is 12.2. The van der Waals surface area contributed by atoms with E-state index < -0.39 is 83.7 Å². The van der Waals surface area contributed by atoms with Crippen LogP contribution in [0, 0.1) is 56.5 Å². The van der Waals surface area contributed by atoms with Gasteiger partial charge < -0.3 is 48.3 Å². The lowest BCUT2D eigenvalue weighted by Gasteiger charge is -2.26. The van der Waals surface area contributed by atoms with Gasteiger partial charge in [0.2, 0.25) is 0 Å². The molecule has 1 unspecified atom stereocenters.